The van der Waals surface area contributed by atoms with Gasteiger partial charge in [0.25, 0.3) is 5.91 Å². The second-order valence-electron chi connectivity index (χ2n) is 5.44. The molecule has 1 fully saturated rings. The third-order valence-electron chi connectivity index (χ3n) is 3.57. The van der Waals surface area contributed by atoms with Gasteiger partial charge in [-0.05, 0) is 37.4 Å². The van der Waals surface area contributed by atoms with Crippen LogP contribution in [0.15, 0.2) is 24.3 Å². The molecule has 0 bridgehead atoms. The Morgan fingerprint density at radius 3 is 2.85 bits per heavy atom. The molecule has 0 aliphatic carbocycles. The fourth-order valence-corrected chi connectivity index (χ4v) is 2.63. The second-order valence-corrected chi connectivity index (χ2v) is 5.44. The van der Waals surface area contributed by atoms with E-state index in [1.54, 1.807) is 24.3 Å². The molecule has 1 aromatic carbocycles. The van der Waals surface area contributed by atoms with Crippen molar-refractivity contribution in [3.8, 4) is 0 Å². The van der Waals surface area contributed by atoms with Crippen molar-refractivity contribution in [2.24, 2.45) is 11.7 Å². The van der Waals surface area contributed by atoms with E-state index in [1.165, 1.54) is 6.42 Å². The number of nitrogens with one attached hydrogen (secondary N) is 1. The van der Waals surface area contributed by atoms with Gasteiger partial charge in [0.1, 0.15) is 0 Å². The van der Waals surface area contributed by atoms with Crippen molar-refractivity contribution in [3.05, 3.63) is 29.8 Å². The van der Waals surface area contributed by atoms with Crippen molar-refractivity contribution in [2.45, 2.75) is 19.8 Å². The maximum atomic E-state index is 12.1. The number of anilines is 1. The van der Waals surface area contributed by atoms with Gasteiger partial charge in [-0.3, -0.25) is 14.5 Å². The quantitative estimate of drug-likeness (QED) is 0.873. The molecule has 5 heteroatoms. The predicted molar refractivity (Wildman–Crippen MR) is 78.4 cm³/mol. The monoisotopic (exact) mass is 275 g/mol. The summed E-state index contributed by atoms with van der Waals surface area (Å²) in [7, 11) is 0. The first-order valence-corrected chi connectivity index (χ1v) is 6.97. The highest BCUT2D eigenvalue weighted by molar-refractivity contribution is 6.03. The van der Waals surface area contributed by atoms with Gasteiger partial charge in [0.15, 0.2) is 0 Å². The number of benzene rings is 1. The SMILES string of the molecule is CC1CCCN(CC(=O)Nc2ccccc2C(N)=O)C1. The number of para-hydroxylation sites is 1. The van der Waals surface area contributed by atoms with Gasteiger partial charge in [-0.25, -0.2) is 0 Å². The van der Waals surface area contributed by atoms with E-state index in [-0.39, 0.29) is 5.91 Å². The second kappa shape index (κ2) is 6.52. The Bertz CT molecular complexity index is 502. The summed E-state index contributed by atoms with van der Waals surface area (Å²) in [6.45, 7) is 4.46. The third kappa shape index (κ3) is 3.81. The van der Waals surface area contributed by atoms with E-state index in [4.69, 9.17) is 5.73 Å². The minimum atomic E-state index is -0.535. The van der Waals surface area contributed by atoms with Crippen LogP contribution in [0.4, 0.5) is 5.69 Å². The maximum absolute atomic E-state index is 12.1. The van der Waals surface area contributed by atoms with Gasteiger partial charge in [-0.1, -0.05) is 19.1 Å². The van der Waals surface area contributed by atoms with Crippen LogP contribution in [-0.2, 0) is 4.79 Å². The Morgan fingerprint density at radius 2 is 2.15 bits per heavy atom. The number of primary amides is 1. The number of rotatable bonds is 4. The minimum absolute atomic E-state index is 0.104. The largest absolute Gasteiger partial charge is 0.366 e. The smallest absolute Gasteiger partial charge is 0.250 e. The van der Waals surface area contributed by atoms with Crippen LogP contribution in [0, 0.1) is 5.92 Å². The molecule has 1 saturated heterocycles. The zero-order valence-electron chi connectivity index (χ0n) is 11.8. The van der Waals surface area contributed by atoms with Crippen molar-refractivity contribution in [1.82, 2.24) is 4.90 Å². The Balaban J connectivity index is 1.96. The summed E-state index contributed by atoms with van der Waals surface area (Å²) >= 11 is 0. The van der Waals surface area contributed by atoms with Gasteiger partial charge in [-0.15, -0.1) is 0 Å². The molecule has 0 radical (unpaired) electrons. The number of carbonyl (C=O) groups is 2. The summed E-state index contributed by atoms with van der Waals surface area (Å²) in [5.41, 5.74) is 6.11. The van der Waals surface area contributed by atoms with Crippen LogP contribution >= 0.6 is 0 Å². The Hall–Kier alpha value is -1.88. The number of amides is 2. The van der Waals surface area contributed by atoms with Crippen molar-refractivity contribution >= 4 is 17.5 Å². The summed E-state index contributed by atoms with van der Waals surface area (Å²) in [5, 5.41) is 2.77. The third-order valence-corrected chi connectivity index (χ3v) is 3.57. The normalized spacial score (nSPS) is 19.6. The average molecular weight is 275 g/mol. The number of piperidine rings is 1. The van der Waals surface area contributed by atoms with E-state index < -0.39 is 5.91 Å². The van der Waals surface area contributed by atoms with Gasteiger partial charge in [0.2, 0.25) is 5.91 Å². The molecular formula is C15H21N3O2. The van der Waals surface area contributed by atoms with Gasteiger partial charge < -0.3 is 11.1 Å². The molecule has 1 atom stereocenters. The molecule has 5 nitrogen and oxygen atoms in total. The fraction of sp³-hybridized carbons (Fsp3) is 0.467. The number of likely N-dealkylation sites (tertiary alicyclic amines) is 1. The van der Waals surface area contributed by atoms with Crippen molar-refractivity contribution in [2.75, 3.05) is 25.0 Å². The molecule has 1 aromatic rings. The Labute approximate surface area is 119 Å². The number of carbonyl (C=O) groups excluding carboxylic acids is 2. The fourth-order valence-electron chi connectivity index (χ4n) is 2.63. The lowest BCUT2D eigenvalue weighted by atomic mass is 10.0. The van der Waals surface area contributed by atoms with E-state index in [0.29, 0.717) is 23.7 Å². The average Bonchev–Trinajstić information content (AvgIpc) is 2.38. The van der Waals surface area contributed by atoms with Crippen LogP contribution in [0.5, 0.6) is 0 Å². The zero-order valence-corrected chi connectivity index (χ0v) is 11.8. The van der Waals surface area contributed by atoms with E-state index >= 15 is 0 Å². The van der Waals surface area contributed by atoms with Gasteiger partial charge in [0, 0.05) is 6.54 Å². The van der Waals surface area contributed by atoms with E-state index in [0.717, 1.165) is 19.5 Å². The molecular weight excluding hydrogens is 254 g/mol. The van der Waals surface area contributed by atoms with Gasteiger partial charge >= 0.3 is 0 Å². The number of hydrogen-bond donors (Lipinski definition) is 2. The first-order valence-electron chi connectivity index (χ1n) is 6.97. The summed E-state index contributed by atoms with van der Waals surface area (Å²) in [5.74, 6) is -0.00486. The van der Waals surface area contributed by atoms with Crippen LogP contribution in [-0.4, -0.2) is 36.3 Å². The molecule has 108 valence electrons. The van der Waals surface area contributed by atoms with Crippen LogP contribution in [0.2, 0.25) is 0 Å². The lowest BCUT2D eigenvalue weighted by Gasteiger charge is -2.30. The lowest BCUT2D eigenvalue weighted by molar-refractivity contribution is -0.117. The number of nitrogens with two attached hydrogens (primary N) is 1. The Morgan fingerprint density at radius 1 is 1.40 bits per heavy atom. The lowest BCUT2D eigenvalue weighted by Crippen LogP contribution is -2.39. The molecule has 2 rings (SSSR count). The molecule has 0 saturated carbocycles. The highest BCUT2D eigenvalue weighted by Crippen LogP contribution is 2.16. The molecule has 20 heavy (non-hydrogen) atoms. The van der Waals surface area contributed by atoms with Crippen molar-refractivity contribution < 1.29 is 9.59 Å². The van der Waals surface area contributed by atoms with E-state index in [1.807, 2.05) is 0 Å². The molecule has 1 unspecified atom stereocenters. The maximum Gasteiger partial charge on any atom is 0.250 e. The molecule has 0 spiro atoms. The van der Waals surface area contributed by atoms with E-state index in [2.05, 4.69) is 17.1 Å². The van der Waals surface area contributed by atoms with Crippen molar-refractivity contribution in [3.63, 3.8) is 0 Å². The zero-order chi connectivity index (χ0) is 14.5. The molecule has 1 aliphatic rings. The minimum Gasteiger partial charge on any atom is -0.366 e. The predicted octanol–water partition coefficient (Wildman–Crippen LogP) is 1.46. The molecule has 3 N–H and O–H groups in total. The van der Waals surface area contributed by atoms with Gasteiger partial charge in [-0.2, -0.15) is 0 Å². The van der Waals surface area contributed by atoms with Crippen LogP contribution in [0.1, 0.15) is 30.1 Å². The van der Waals surface area contributed by atoms with Crippen LogP contribution in [0.25, 0.3) is 0 Å². The Kier molecular flexibility index (Phi) is 4.74. The highest BCUT2D eigenvalue weighted by Gasteiger charge is 2.19. The number of nitrogens with zero attached hydrogens (tertiary/aromatic N) is 1. The molecule has 1 aliphatic heterocycles. The first-order chi connectivity index (χ1) is 9.56. The molecule has 0 aromatic heterocycles. The highest BCUT2D eigenvalue weighted by atomic mass is 16.2. The summed E-state index contributed by atoms with van der Waals surface area (Å²) in [6, 6.07) is 6.80. The topological polar surface area (TPSA) is 75.4 Å². The van der Waals surface area contributed by atoms with Crippen LogP contribution in [0.3, 0.4) is 0 Å². The first kappa shape index (κ1) is 14.5. The number of hydrogen-bond acceptors (Lipinski definition) is 3. The summed E-state index contributed by atoms with van der Waals surface area (Å²) in [6.07, 6.45) is 2.36. The summed E-state index contributed by atoms with van der Waals surface area (Å²) < 4.78 is 0. The summed E-state index contributed by atoms with van der Waals surface area (Å²) in [4.78, 5) is 25.5. The molecule has 1 heterocycles. The van der Waals surface area contributed by atoms with Crippen LogP contribution < -0.4 is 11.1 Å². The van der Waals surface area contributed by atoms with Crippen molar-refractivity contribution in [1.29, 1.82) is 0 Å². The van der Waals surface area contributed by atoms with Gasteiger partial charge in [0.05, 0.1) is 17.8 Å². The molecule has 2 amide bonds. The van der Waals surface area contributed by atoms with E-state index in [9.17, 15) is 9.59 Å². The standard InChI is InChI=1S/C15H21N3O2/c1-11-5-4-8-18(9-11)10-14(19)17-13-7-3-2-6-12(13)15(16)20/h2-3,6-7,11H,4-5,8-10H2,1H3,(H2,16,20)(H,17,19).